The lowest BCUT2D eigenvalue weighted by atomic mass is 10.1. The Morgan fingerprint density at radius 2 is 1.74 bits per heavy atom. The summed E-state index contributed by atoms with van der Waals surface area (Å²) in [5, 5.41) is 3.25. The minimum atomic E-state index is -0.324. The maximum absolute atomic E-state index is 12.4. The molecule has 0 bridgehead atoms. The Labute approximate surface area is 140 Å². The number of ether oxygens (including phenoxy) is 3. The Hall–Kier alpha value is -2.40. The van der Waals surface area contributed by atoms with Gasteiger partial charge in [-0.1, -0.05) is 11.6 Å². The van der Waals surface area contributed by atoms with Gasteiger partial charge < -0.3 is 19.5 Å². The van der Waals surface area contributed by atoms with Crippen LogP contribution in [-0.2, 0) is 0 Å². The summed E-state index contributed by atoms with van der Waals surface area (Å²) in [4.78, 5) is 12.4. The van der Waals surface area contributed by atoms with Crippen molar-refractivity contribution in [2.45, 2.75) is 6.92 Å². The number of benzene rings is 2. The van der Waals surface area contributed by atoms with Crippen LogP contribution in [0, 0.1) is 0 Å². The lowest BCUT2D eigenvalue weighted by molar-refractivity contribution is 0.102. The fraction of sp³-hybridized carbons (Fsp3) is 0.235. The van der Waals surface area contributed by atoms with E-state index in [0.717, 1.165) is 0 Å². The van der Waals surface area contributed by atoms with Gasteiger partial charge in [-0.05, 0) is 37.3 Å². The van der Waals surface area contributed by atoms with Crippen LogP contribution in [0.2, 0.25) is 5.02 Å². The monoisotopic (exact) mass is 335 g/mol. The highest BCUT2D eigenvalue weighted by molar-refractivity contribution is 6.31. The molecule has 1 amide bonds. The molecule has 2 rings (SSSR count). The molecule has 0 saturated carbocycles. The number of carbonyl (C=O) groups excluding carboxylic acids is 1. The van der Waals surface area contributed by atoms with Gasteiger partial charge in [0.2, 0.25) is 0 Å². The molecular weight excluding hydrogens is 318 g/mol. The van der Waals surface area contributed by atoms with Crippen LogP contribution in [0.4, 0.5) is 5.69 Å². The molecule has 1 N–H and O–H groups in total. The van der Waals surface area contributed by atoms with Crippen LogP contribution in [0.3, 0.4) is 0 Å². The van der Waals surface area contributed by atoms with Gasteiger partial charge in [0.05, 0.1) is 26.4 Å². The Balaban J connectivity index is 2.25. The van der Waals surface area contributed by atoms with Crippen LogP contribution in [0.15, 0.2) is 36.4 Å². The molecule has 0 aromatic heterocycles. The van der Waals surface area contributed by atoms with Crippen LogP contribution >= 0.6 is 11.6 Å². The van der Waals surface area contributed by atoms with E-state index in [1.165, 1.54) is 7.11 Å². The molecule has 0 fully saturated rings. The van der Waals surface area contributed by atoms with Crippen molar-refractivity contribution in [1.82, 2.24) is 0 Å². The summed E-state index contributed by atoms with van der Waals surface area (Å²) >= 11 is 5.95. The zero-order chi connectivity index (χ0) is 16.8. The molecule has 0 atom stereocenters. The molecule has 0 aliphatic rings. The summed E-state index contributed by atoms with van der Waals surface area (Å²) in [5.74, 6) is 1.29. The van der Waals surface area contributed by atoms with E-state index in [1.807, 2.05) is 6.92 Å². The van der Waals surface area contributed by atoms with E-state index in [9.17, 15) is 4.79 Å². The molecule has 6 heteroatoms. The maximum atomic E-state index is 12.4. The van der Waals surface area contributed by atoms with E-state index < -0.39 is 0 Å². The molecule has 0 aliphatic carbocycles. The highest BCUT2D eigenvalue weighted by Gasteiger charge is 2.14. The normalized spacial score (nSPS) is 10.1. The Kier molecular flexibility index (Phi) is 5.71. The van der Waals surface area contributed by atoms with Gasteiger partial charge in [0.15, 0.2) is 11.5 Å². The number of hydrogen-bond acceptors (Lipinski definition) is 4. The molecule has 2 aromatic rings. The molecule has 5 nitrogen and oxygen atoms in total. The van der Waals surface area contributed by atoms with Crippen molar-refractivity contribution in [2.24, 2.45) is 0 Å². The Morgan fingerprint density at radius 3 is 2.39 bits per heavy atom. The highest BCUT2D eigenvalue weighted by atomic mass is 35.5. The standard InChI is InChI=1S/C17H18ClNO4/c1-4-23-15-8-6-12(10-16(15)22-3)19-17(20)13-9-11(18)5-7-14(13)21-2/h5-10H,4H2,1-3H3,(H,19,20). The summed E-state index contributed by atoms with van der Waals surface area (Å²) in [6, 6.07) is 10.0. The SMILES string of the molecule is CCOc1ccc(NC(=O)c2cc(Cl)ccc2OC)cc1OC. The average Bonchev–Trinajstić information content (AvgIpc) is 2.56. The average molecular weight is 336 g/mol. The molecule has 23 heavy (non-hydrogen) atoms. The molecule has 0 saturated heterocycles. The van der Waals surface area contributed by atoms with E-state index in [1.54, 1.807) is 43.5 Å². The first-order valence-corrected chi connectivity index (χ1v) is 7.42. The van der Waals surface area contributed by atoms with E-state index in [-0.39, 0.29) is 5.91 Å². The lowest BCUT2D eigenvalue weighted by Gasteiger charge is -2.13. The summed E-state index contributed by atoms with van der Waals surface area (Å²) in [6.45, 7) is 2.42. The van der Waals surface area contributed by atoms with Crippen molar-refractivity contribution in [3.63, 3.8) is 0 Å². The highest BCUT2D eigenvalue weighted by Crippen LogP contribution is 2.31. The van der Waals surface area contributed by atoms with Gasteiger partial charge in [-0.3, -0.25) is 4.79 Å². The second kappa shape index (κ2) is 7.74. The van der Waals surface area contributed by atoms with E-state index in [0.29, 0.717) is 40.1 Å². The molecule has 122 valence electrons. The quantitative estimate of drug-likeness (QED) is 0.866. The van der Waals surface area contributed by atoms with Crippen LogP contribution in [-0.4, -0.2) is 26.7 Å². The number of rotatable bonds is 6. The molecule has 0 heterocycles. The van der Waals surface area contributed by atoms with E-state index >= 15 is 0 Å². The largest absolute Gasteiger partial charge is 0.496 e. The number of carbonyl (C=O) groups is 1. The minimum absolute atomic E-state index is 0.324. The predicted molar refractivity (Wildman–Crippen MR) is 90.1 cm³/mol. The third-order valence-electron chi connectivity index (χ3n) is 3.13. The van der Waals surface area contributed by atoms with Crippen LogP contribution < -0.4 is 19.5 Å². The van der Waals surface area contributed by atoms with Crippen molar-refractivity contribution in [2.75, 3.05) is 26.1 Å². The number of nitrogens with one attached hydrogen (secondary N) is 1. The second-order valence-corrected chi connectivity index (χ2v) is 5.03. The van der Waals surface area contributed by atoms with Crippen LogP contribution in [0.25, 0.3) is 0 Å². The maximum Gasteiger partial charge on any atom is 0.259 e. The summed E-state index contributed by atoms with van der Waals surface area (Å²) < 4.78 is 15.9. The van der Waals surface area contributed by atoms with Gasteiger partial charge in [0.1, 0.15) is 5.75 Å². The van der Waals surface area contributed by atoms with Crippen molar-refractivity contribution in [1.29, 1.82) is 0 Å². The fourth-order valence-corrected chi connectivity index (χ4v) is 2.25. The molecule has 2 aromatic carbocycles. The van der Waals surface area contributed by atoms with E-state index in [4.69, 9.17) is 25.8 Å². The first kappa shape index (κ1) is 17.0. The number of halogens is 1. The van der Waals surface area contributed by atoms with Crippen LogP contribution in [0.1, 0.15) is 17.3 Å². The second-order valence-electron chi connectivity index (χ2n) is 4.60. The van der Waals surface area contributed by atoms with Crippen molar-refractivity contribution >= 4 is 23.2 Å². The first-order chi connectivity index (χ1) is 11.1. The van der Waals surface area contributed by atoms with Gasteiger partial charge in [0, 0.05) is 16.8 Å². The molecule has 0 aliphatic heterocycles. The molecule has 0 spiro atoms. The Morgan fingerprint density at radius 1 is 1.04 bits per heavy atom. The zero-order valence-corrected chi connectivity index (χ0v) is 13.9. The molecule has 0 radical (unpaired) electrons. The molecular formula is C17H18ClNO4. The molecule has 0 unspecified atom stereocenters. The van der Waals surface area contributed by atoms with Crippen molar-refractivity contribution in [3.8, 4) is 17.2 Å². The number of anilines is 1. The van der Waals surface area contributed by atoms with Gasteiger partial charge in [-0.15, -0.1) is 0 Å². The van der Waals surface area contributed by atoms with Gasteiger partial charge in [-0.25, -0.2) is 0 Å². The lowest BCUT2D eigenvalue weighted by Crippen LogP contribution is -2.13. The first-order valence-electron chi connectivity index (χ1n) is 7.04. The summed E-state index contributed by atoms with van der Waals surface area (Å²) in [6.07, 6.45) is 0. The summed E-state index contributed by atoms with van der Waals surface area (Å²) in [5.41, 5.74) is 0.935. The fourth-order valence-electron chi connectivity index (χ4n) is 2.08. The van der Waals surface area contributed by atoms with Gasteiger partial charge >= 0.3 is 0 Å². The predicted octanol–water partition coefficient (Wildman–Crippen LogP) is 4.01. The number of amides is 1. The zero-order valence-electron chi connectivity index (χ0n) is 13.2. The topological polar surface area (TPSA) is 56.8 Å². The minimum Gasteiger partial charge on any atom is -0.496 e. The Bertz CT molecular complexity index is 703. The van der Waals surface area contributed by atoms with Crippen LogP contribution in [0.5, 0.6) is 17.2 Å². The number of hydrogen-bond donors (Lipinski definition) is 1. The van der Waals surface area contributed by atoms with Crippen molar-refractivity contribution in [3.05, 3.63) is 47.0 Å². The van der Waals surface area contributed by atoms with Crippen molar-refractivity contribution < 1.29 is 19.0 Å². The third kappa shape index (κ3) is 4.07. The third-order valence-corrected chi connectivity index (χ3v) is 3.36. The number of methoxy groups -OCH3 is 2. The van der Waals surface area contributed by atoms with Gasteiger partial charge in [0.25, 0.3) is 5.91 Å². The van der Waals surface area contributed by atoms with E-state index in [2.05, 4.69) is 5.32 Å². The summed E-state index contributed by atoms with van der Waals surface area (Å²) in [7, 11) is 3.05. The smallest absolute Gasteiger partial charge is 0.259 e. The van der Waals surface area contributed by atoms with Gasteiger partial charge in [-0.2, -0.15) is 0 Å².